The lowest BCUT2D eigenvalue weighted by molar-refractivity contribution is 0.0806. The van der Waals surface area contributed by atoms with Crippen molar-refractivity contribution in [2.45, 2.75) is 26.3 Å². The summed E-state index contributed by atoms with van der Waals surface area (Å²) in [5.74, 6) is -0.194. The van der Waals surface area contributed by atoms with E-state index < -0.39 is 0 Å². The van der Waals surface area contributed by atoms with E-state index in [1.165, 1.54) is 28.8 Å². The second-order valence-corrected chi connectivity index (χ2v) is 4.78. The predicted molar refractivity (Wildman–Crippen MR) is 63.0 cm³/mol. The van der Waals surface area contributed by atoms with Gasteiger partial charge in [-0.3, -0.25) is 10.2 Å². The van der Waals surface area contributed by atoms with Gasteiger partial charge in [-0.15, -0.1) is 4.53 Å². The van der Waals surface area contributed by atoms with Gasteiger partial charge in [0.1, 0.15) is 5.75 Å². The number of nitrogens with one attached hydrogen (secondary N) is 1. The Hall–Kier alpha value is -1.26. The Morgan fingerprint density at radius 2 is 1.81 bits per heavy atom. The lowest BCUT2D eigenvalue weighted by Crippen LogP contribution is -2.46. The summed E-state index contributed by atoms with van der Waals surface area (Å²) in [7, 11) is 0. The zero-order valence-electron chi connectivity index (χ0n) is 9.49. The van der Waals surface area contributed by atoms with Crippen molar-refractivity contribution in [3.8, 4) is 5.75 Å². The Bertz CT molecular complexity index is 371. The molecule has 1 rings (SSSR count). The van der Waals surface area contributed by atoms with Crippen LogP contribution in [0, 0.1) is 0 Å². The maximum Gasteiger partial charge on any atom is 0.266 e. The lowest BCUT2D eigenvalue weighted by atomic mass is 10.1. The average molecular weight is 243 g/mol. The number of hydrogen-bond donors (Lipinski definition) is 2. The molecule has 1 aromatic rings. The minimum atomic E-state index is -0.367. The fourth-order valence-corrected chi connectivity index (χ4v) is 1.01. The number of hydrazine groups is 1. The first-order valence-electron chi connectivity index (χ1n) is 4.87. The molecule has 1 aromatic carbocycles. The molecule has 0 unspecified atom stereocenters. The highest BCUT2D eigenvalue weighted by Crippen LogP contribution is 2.14. The fraction of sp³-hybridized carbons (Fsp3) is 0.364. The molecule has 0 fully saturated rings. The van der Waals surface area contributed by atoms with Gasteiger partial charge >= 0.3 is 0 Å². The summed E-state index contributed by atoms with van der Waals surface area (Å²) >= 11 is 5.88. The molecule has 4 nitrogen and oxygen atoms in total. The Labute approximate surface area is 99.9 Å². The molecule has 0 radical (unpaired) electrons. The van der Waals surface area contributed by atoms with Crippen LogP contribution in [-0.4, -0.2) is 21.1 Å². The Kier molecular flexibility index (Phi) is 3.78. The summed E-state index contributed by atoms with van der Waals surface area (Å²) < 4.78 is 1.22. The molecule has 0 aliphatic heterocycles. The van der Waals surface area contributed by atoms with Crippen molar-refractivity contribution >= 4 is 17.7 Å². The first-order chi connectivity index (χ1) is 7.30. The van der Waals surface area contributed by atoms with Crippen LogP contribution in [0.3, 0.4) is 0 Å². The fourth-order valence-electron chi connectivity index (χ4n) is 0.934. The minimum absolute atomic E-state index is 0.120. The zero-order valence-corrected chi connectivity index (χ0v) is 10.2. The molecule has 0 bridgehead atoms. The largest absolute Gasteiger partial charge is 0.508 e. The Morgan fingerprint density at radius 3 is 2.25 bits per heavy atom. The van der Waals surface area contributed by atoms with Crippen LogP contribution in [0.5, 0.6) is 5.75 Å². The molecule has 0 atom stereocenters. The van der Waals surface area contributed by atoms with Gasteiger partial charge in [-0.1, -0.05) is 0 Å². The number of carbonyl (C=O) groups is 1. The topological polar surface area (TPSA) is 52.6 Å². The number of amides is 1. The number of phenols is 1. The number of phenolic OH excluding ortho intramolecular Hbond substituents is 1. The summed E-state index contributed by atoms with van der Waals surface area (Å²) in [5.41, 5.74) is 2.60. The van der Waals surface area contributed by atoms with Crippen LogP contribution in [0.2, 0.25) is 0 Å². The minimum Gasteiger partial charge on any atom is -0.508 e. The number of rotatable bonds is 2. The van der Waals surface area contributed by atoms with E-state index in [9.17, 15) is 4.79 Å². The SMILES string of the molecule is CC(C)(C)N(Cl)NC(=O)c1ccc(O)cc1. The molecular weight excluding hydrogens is 228 g/mol. The molecule has 0 aromatic heterocycles. The number of benzene rings is 1. The number of halogens is 1. The van der Waals surface area contributed by atoms with E-state index in [4.69, 9.17) is 16.9 Å². The van der Waals surface area contributed by atoms with E-state index >= 15 is 0 Å². The molecule has 16 heavy (non-hydrogen) atoms. The highest BCUT2D eigenvalue weighted by atomic mass is 35.5. The van der Waals surface area contributed by atoms with E-state index in [0.29, 0.717) is 5.56 Å². The Balaban J connectivity index is 2.70. The molecule has 0 saturated heterocycles. The number of hydrogen-bond acceptors (Lipinski definition) is 3. The summed E-state index contributed by atoms with van der Waals surface area (Å²) in [6.45, 7) is 5.62. The summed E-state index contributed by atoms with van der Waals surface area (Å²) in [6.07, 6.45) is 0. The van der Waals surface area contributed by atoms with E-state index in [0.717, 1.165) is 0 Å². The molecule has 0 aliphatic rings. The average Bonchev–Trinajstić information content (AvgIpc) is 2.17. The molecule has 88 valence electrons. The maximum absolute atomic E-state index is 11.7. The van der Waals surface area contributed by atoms with E-state index in [-0.39, 0.29) is 17.2 Å². The quantitative estimate of drug-likeness (QED) is 0.618. The molecule has 0 aliphatic carbocycles. The van der Waals surface area contributed by atoms with Gasteiger partial charge in [-0.25, -0.2) is 0 Å². The van der Waals surface area contributed by atoms with Crippen molar-refractivity contribution in [2.24, 2.45) is 0 Å². The normalized spacial score (nSPS) is 11.6. The highest BCUT2D eigenvalue weighted by molar-refractivity contribution is 6.14. The second-order valence-electron chi connectivity index (χ2n) is 4.44. The van der Waals surface area contributed by atoms with Gasteiger partial charge in [-0.2, -0.15) is 0 Å². The Morgan fingerprint density at radius 1 is 1.31 bits per heavy atom. The van der Waals surface area contributed by atoms with Gasteiger partial charge in [0.2, 0.25) is 0 Å². The molecule has 0 saturated carbocycles. The van der Waals surface area contributed by atoms with Gasteiger partial charge < -0.3 is 5.11 Å². The van der Waals surface area contributed by atoms with E-state index in [1.54, 1.807) is 0 Å². The first kappa shape index (κ1) is 12.8. The van der Waals surface area contributed by atoms with Crippen molar-refractivity contribution in [2.75, 3.05) is 0 Å². The third kappa shape index (κ3) is 3.40. The van der Waals surface area contributed by atoms with Gasteiger partial charge in [0.15, 0.2) is 0 Å². The molecule has 0 heterocycles. The van der Waals surface area contributed by atoms with Crippen molar-refractivity contribution in [1.82, 2.24) is 9.95 Å². The first-order valence-corrected chi connectivity index (χ1v) is 5.20. The van der Waals surface area contributed by atoms with E-state index in [1.807, 2.05) is 20.8 Å². The van der Waals surface area contributed by atoms with Gasteiger partial charge in [0, 0.05) is 22.9 Å². The monoisotopic (exact) mass is 242 g/mol. The third-order valence-electron chi connectivity index (χ3n) is 1.92. The second kappa shape index (κ2) is 4.72. The molecule has 1 amide bonds. The van der Waals surface area contributed by atoms with Crippen LogP contribution < -0.4 is 5.43 Å². The highest BCUT2D eigenvalue weighted by Gasteiger charge is 2.21. The van der Waals surface area contributed by atoms with Crippen LogP contribution in [0.1, 0.15) is 31.1 Å². The van der Waals surface area contributed by atoms with E-state index in [2.05, 4.69) is 5.43 Å². The van der Waals surface area contributed by atoms with Crippen molar-refractivity contribution in [3.05, 3.63) is 29.8 Å². The number of carbonyl (C=O) groups excluding carboxylic acids is 1. The lowest BCUT2D eigenvalue weighted by Gasteiger charge is -2.28. The summed E-state index contributed by atoms with van der Waals surface area (Å²) in [6, 6.07) is 5.95. The predicted octanol–water partition coefficient (Wildman–Crippen LogP) is 2.29. The number of nitrogens with zero attached hydrogens (tertiary/aromatic N) is 1. The number of aromatic hydroxyl groups is 1. The smallest absolute Gasteiger partial charge is 0.266 e. The summed E-state index contributed by atoms with van der Waals surface area (Å²) in [5, 5.41) is 9.08. The van der Waals surface area contributed by atoms with Crippen LogP contribution in [0.15, 0.2) is 24.3 Å². The molecule has 0 spiro atoms. The van der Waals surface area contributed by atoms with Crippen molar-refractivity contribution < 1.29 is 9.90 Å². The van der Waals surface area contributed by atoms with Crippen LogP contribution in [0.25, 0.3) is 0 Å². The van der Waals surface area contributed by atoms with Crippen LogP contribution in [-0.2, 0) is 0 Å². The standard InChI is InChI=1S/C11H15ClN2O2/c1-11(2,3)14(12)13-10(16)8-4-6-9(15)7-5-8/h4-7,15H,1-3H3,(H,13,16). The molecule has 2 N–H and O–H groups in total. The van der Waals surface area contributed by atoms with Gasteiger partial charge in [-0.05, 0) is 45.0 Å². The third-order valence-corrected chi connectivity index (χ3v) is 2.51. The summed E-state index contributed by atoms with van der Waals surface area (Å²) in [4.78, 5) is 11.7. The molecular formula is C11H15ClN2O2. The van der Waals surface area contributed by atoms with Gasteiger partial charge in [0.05, 0.1) is 0 Å². The molecule has 5 heteroatoms. The van der Waals surface area contributed by atoms with Crippen molar-refractivity contribution in [1.29, 1.82) is 0 Å². The maximum atomic E-state index is 11.7. The van der Waals surface area contributed by atoms with Crippen LogP contribution >= 0.6 is 11.8 Å². The van der Waals surface area contributed by atoms with Gasteiger partial charge in [0.25, 0.3) is 5.91 Å². The van der Waals surface area contributed by atoms with Crippen LogP contribution in [0.4, 0.5) is 0 Å². The zero-order chi connectivity index (χ0) is 12.3. The van der Waals surface area contributed by atoms with Crippen molar-refractivity contribution in [3.63, 3.8) is 0 Å².